The van der Waals surface area contributed by atoms with Crippen molar-refractivity contribution in [2.75, 3.05) is 13.1 Å². The molecule has 3 heterocycles. The van der Waals surface area contributed by atoms with E-state index in [-0.39, 0.29) is 28.8 Å². The van der Waals surface area contributed by atoms with Crippen LogP contribution in [0.15, 0.2) is 35.1 Å². The number of likely N-dealkylation sites (tertiary alicyclic amines) is 1. The molecule has 0 saturated carbocycles. The molecule has 5 rings (SSSR count). The number of piperidine rings is 1. The van der Waals surface area contributed by atoms with Crippen molar-refractivity contribution in [1.82, 2.24) is 20.2 Å². The summed E-state index contributed by atoms with van der Waals surface area (Å²) < 4.78 is 0. The Hall–Kier alpha value is -2.96. The molecule has 0 radical (unpaired) electrons. The number of amides is 2. The highest BCUT2D eigenvalue weighted by Gasteiger charge is 2.44. The fraction of sp³-hybridized carbons (Fsp3) is 0.478. The lowest BCUT2D eigenvalue weighted by Crippen LogP contribution is -2.46. The zero-order valence-electron chi connectivity index (χ0n) is 16.9. The van der Waals surface area contributed by atoms with E-state index in [1.54, 1.807) is 0 Å². The zero-order chi connectivity index (χ0) is 20.7. The minimum absolute atomic E-state index is 0.0262. The summed E-state index contributed by atoms with van der Waals surface area (Å²) in [6.45, 7) is 1.35. The summed E-state index contributed by atoms with van der Waals surface area (Å²) in [4.78, 5) is 46.6. The second kappa shape index (κ2) is 7.38. The summed E-state index contributed by atoms with van der Waals surface area (Å²) in [5.74, 6) is 0.772. The SMILES string of the molecule is O=C1CC[C@H](CC(=O)N2CCC3(CCc4c3nc(-c3ccccc3)[nH]c4=O)CC2)N1. The van der Waals surface area contributed by atoms with Gasteiger partial charge in [0.25, 0.3) is 5.56 Å². The molecular formula is C23H26N4O3. The fourth-order valence-corrected chi connectivity index (χ4v) is 5.23. The molecular weight excluding hydrogens is 380 g/mol. The minimum atomic E-state index is -0.120. The van der Waals surface area contributed by atoms with Gasteiger partial charge in [0.15, 0.2) is 0 Å². The number of carbonyl (C=O) groups is 2. The van der Waals surface area contributed by atoms with Crippen molar-refractivity contribution >= 4 is 11.8 Å². The van der Waals surface area contributed by atoms with Crippen molar-refractivity contribution in [3.8, 4) is 11.4 Å². The summed E-state index contributed by atoms with van der Waals surface area (Å²) >= 11 is 0. The van der Waals surface area contributed by atoms with Crippen molar-refractivity contribution in [1.29, 1.82) is 0 Å². The molecule has 1 spiro atoms. The number of carbonyl (C=O) groups excluding carboxylic acids is 2. The fourth-order valence-electron chi connectivity index (χ4n) is 5.23. The molecule has 1 atom stereocenters. The number of aromatic amines is 1. The number of fused-ring (bicyclic) bond motifs is 2. The van der Waals surface area contributed by atoms with Gasteiger partial charge in [0, 0.05) is 48.5 Å². The molecule has 0 unspecified atom stereocenters. The largest absolute Gasteiger partial charge is 0.353 e. The zero-order valence-corrected chi connectivity index (χ0v) is 16.9. The highest BCUT2D eigenvalue weighted by molar-refractivity contribution is 5.82. The van der Waals surface area contributed by atoms with Gasteiger partial charge in [-0.25, -0.2) is 4.98 Å². The molecule has 7 nitrogen and oxygen atoms in total. The van der Waals surface area contributed by atoms with Crippen molar-refractivity contribution in [3.63, 3.8) is 0 Å². The summed E-state index contributed by atoms with van der Waals surface area (Å²) in [5.41, 5.74) is 2.49. The lowest BCUT2D eigenvalue weighted by Gasteiger charge is -2.39. The first-order valence-corrected chi connectivity index (χ1v) is 10.8. The van der Waals surface area contributed by atoms with E-state index in [4.69, 9.17) is 4.98 Å². The molecule has 30 heavy (non-hydrogen) atoms. The molecule has 1 aromatic carbocycles. The van der Waals surface area contributed by atoms with Crippen LogP contribution >= 0.6 is 0 Å². The highest BCUT2D eigenvalue weighted by atomic mass is 16.2. The van der Waals surface area contributed by atoms with Crippen LogP contribution in [0, 0.1) is 0 Å². The Bertz CT molecular complexity index is 1040. The Morgan fingerprint density at radius 1 is 1.10 bits per heavy atom. The molecule has 2 aliphatic heterocycles. The molecule has 2 aromatic rings. The maximum Gasteiger partial charge on any atom is 0.254 e. The van der Waals surface area contributed by atoms with Crippen molar-refractivity contribution in [3.05, 3.63) is 51.9 Å². The predicted molar refractivity (Wildman–Crippen MR) is 112 cm³/mol. The van der Waals surface area contributed by atoms with Gasteiger partial charge in [0.1, 0.15) is 5.82 Å². The van der Waals surface area contributed by atoms with Crippen LogP contribution < -0.4 is 10.9 Å². The minimum Gasteiger partial charge on any atom is -0.353 e. The van der Waals surface area contributed by atoms with E-state index in [1.807, 2.05) is 35.2 Å². The van der Waals surface area contributed by atoms with Crippen molar-refractivity contribution in [2.45, 2.75) is 56.4 Å². The number of aromatic nitrogens is 2. The van der Waals surface area contributed by atoms with Gasteiger partial charge in [0.2, 0.25) is 11.8 Å². The average Bonchev–Trinajstić information content (AvgIpc) is 3.33. The van der Waals surface area contributed by atoms with Crippen LogP contribution in [0.1, 0.15) is 49.8 Å². The topological polar surface area (TPSA) is 95.2 Å². The van der Waals surface area contributed by atoms with Gasteiger partial charge < -0.3 is 15.2 Å². The Balaban J connectivity index is 1.33. The first-order valence-electron chi connectivity index (χ1n) is 10.8. The van der Waals surface area contributed by atoms with Crippen molar-refractivity contribution < 1.29 is 9.59 Å². The van der Waals surface area contributed by atoms with Crippen LogP contribution in [-0.4, -0.2) is 45.8 Å². The standard InChI is InChI=1S/C23H26N4O3/c28-18-7-6-16(24-18)14-19(29)27-12-10-23(11-13-27)9-8-17-20(23)25-21(26-22(17)30)15-4-2-1-3-5-15/h1-5,16H,6-14H2,(H,24,28)(H,25,26,30)/t16-/m1/s1. The van der Waals surface area contributed by atoms with E-state index in [0.29, 0.717) is 31.8 Å². The van der Waals surface area contributed by atoms with Gasteiger partial charge in [0.05, 0.1) is 5.69 Å². The number of rotatable bonds is 3. The number of hydrogen-bond acceptors (Lipinski definition) is 4. The number of nitrogens with one attached hydrogen (secondary N) is 2. The van der Waals surface area contributed by atoms with Crippen LogP contribution in [0.3, 0.4) is 0 Å². The number of H-pyrrole nitrogens is 1. The predicted octanol–water partition coefficient (Wildman–Crippen LogP) is 1.91. The van der Waals surface area contributed by atoms with E-state index in [2.05, 4.69) is 10.3 Å². The molecule has 2 saturated heterocycles. The van der Waals surface area contributed by atoms with E-state index in [1.165, 1.54) is 0 Å². The molecule has 1 aromatic heterocycles. The van der Waals surface area contributed by atoms with Gasteiger partial charge in [-0.3, -0.25) is 14.4 Å². The first kappa shape index (κ1) is 19.0. The maximum atomic E-state index is 12.7. The summed E-state index contributed by atoms with van der Waals surface area (Å²) in [6, 6.07) is 9.71. The summed E-state index contributed by atoms with van der Waals surface area (Å²) in [6.07, 6.45) is 4.95. The number of benzene rings is 1. The Morgan fingerprint density at radius 3 is 2.57 bits per heavy atom. The third-order valence-electron chi connectivity index (χ3n) is 7.00. The smallest absolute Gasteiger partial charge is 0.254 e. The Morgan fingerprint density at radius 2 is 1.87 bits per heavy atom. The number of nitrogens with zero attached hydrogens (tertiary/aromatic N) is 2. The average molecular weight is 406 g/mol. The molecule has 2 amide bonds. The third-order valence-corrected chi connectivity index (χ3v) is 7.00. The van der Waals surface area contributed by atoms with Gasteiger partial charge in [-0.15, -0.1) is 0 Å². The Labute approximate surface area is 174 Å². The first-order chi connectivity index (χ1) is 14.5. The van der Waals surface area contributed by atoms with Crippen LogP contribution in [0.4, 0.5) is 0 Å². The molecule has 1 aliphatic carbocycles. The quantitative estimate of drug-likeness (QED) is 0.814. The maximum absolute atomic E-state index is 12.7. The van der Waals surface area contributed by atoms with Crippen LogP contribution in [-0.2, 0) is 21.4 Å². The molecule has 0 bridgehead atoms. The van der Waals surface area contributed by atoms with Crippen molar-refractivity contribution in [2.24, 2.45) is 0 Å². The monoisotopic (exact) mass is 406 g/mol. The summed E-state index contributed by atoms with van der Waals surface area (Å²) in [7, 11) is 0. The molecule has 156 valence electrons. The normalized spacial score (nSPS) is 22.2. The van der Waals surface area contributed by atoms with E-state index >= 15 is 0 Å². The molecule has 2 fully saturated rings. The van der Waals surface area contributed by atoms with E-state index < -0.39 is 0 Å². The molecule has 3 aliphatic rings. The van der Waals surface area contributed by atoms with Crippen LogP contribution in [0.25, 0.3) is 11.4 Å². The van der Waals surface area contributed by atoms with E-state index in [0.717, 1.165) is 48.9 Å². The van der Waals surface area contributed by atoms with Crippen LogP contribution in [0.2, 0.25) is 0 Å². The highest BCUT2D eigenvalue weighted by Crippen LogP contribution is 2.44. The second-order valence-electron chi connectivity index (χ2n) is 8.78. The van der Waals surface area contributed by atoms with Gasteiger partial charge >= 0.3 is 0 Å². The molecule has 2 N–H and O–H groups in total. The summed E-state index contributed by atoms with van der Waals surface area (Å²) in [5, 5.41) is 2.88. The number of hydrogen-bond donors (Lipinski definition) is 2. The lowest BCUT2D eigenvalue weighted by molar-refractivity contribution is -0.133. The molecule has 7 heteroatoms. The van der Waals surface area contributed by atoms with Gasteiger partial charge in [-0.2, -0.15) is 0 Å². The second-order valence-corrected chi connectivity index (χ2v) is 8.78. The van der Waals surface area contributed by atoms with E-state index in [9.17, 15) is 14.4 Å². The van der Waals surface area contributed by atoms with Gasteiger partial charge in [-0.1, -0.05) is 30.3 Å². The third kappa shape index (κ3) is 3.32. The Kier molecular flexibility index (Phi) is 4.68. The lowest BCUT2D eigenvalue weighted by atomic mass is 9.76. The van der Waals surface area contributed by atoms with Gasteiger partial charge in [-0.05, 0) is 32.1 Å². The van der Waals surface area contributed by atoms with Crippen LogP contribution in [0.5, 0.6) is 0 Å².